The summed E-state index contributed by atoms with van der Waals surface area (Å²) in [5.74, 6) is 0. The molecule has 0 amide bonds. The van der Waals surface area contributed by atoms with Crippen LogP contribution in [0.5, 0.6) is 0 Å². The first-order valence-corrected chi connectivity index (χ1v) is 10.1. The van der Waals surface area contributed by atoms with E-state index in [1.54, 1.807) is 23.5 Å². The van der Waals surface area contributed by atoms with Crippen molar-refractivity contribution < 1.29 is 8.42 Å². The van der Waals surface area contributed by atoms with Gasteiger partial charge in [-0.15, -0.1) is 11.3 Å². The molecule has 0 saturated heterocycles. The molecule has 0 aliphatic rings. The topological polar surface area (TPSA) is 49.4 Å². The molecule has 126 valence electrons. The Kier molecular flexibility index (Phi) is 6.61. The molecule has 4 nitrogen and oxygen atoms in total. The summed E-state index contributed by atoms with van der Waals surface area (Å²) >= 11 is 7.45. The van der Waals surface area contributed by atoms with Gasteiger partial charge in [-0.05, 0) is 29.8 Å². The fraction of sp³-hybridized carbons (Fsp3) is 0.375. The van der Waals surface area contributed by atoms with Gasteiger partial charge in [0.1, 0.15) is 0 Å². The maximum Gasteiger partial charge on any atom is 0.243 e. The van der Waals surface area contributed by atoms with Crippen molar-refractivity contribution in [2.45, 2.75) is 31.8 Å². The van der Waals surface area contributed by atoms with Crippen molar-refractivity contribution in [1.82, 2.24) is 9.62 Å². The number of benzene rings is 1. The summed E-state index contributed by atoms with van der Waals surface area (Å²) in [6, 6.07) is 10.9. The van der Waals surface area contributed by atoms with Gasteiger partial charge in [-0.25, -0.2) is 8.42 Å². The lowest BCUT2D eigenvalue weighted by molar-refractivity contribution is 0.445. The number of hydrogen-bond donors (Lipinski definition) is 1. The number of sulfonamides is 1. The Morgan fingerprint density at radius 3 is 2.22 bits per heavy atom. The molecule has 1 N–H and O–H groups in total. The van der Waals surface area contributed by atoms with Crippen LogP contribution in [0.2, 0.25) is 4.34 Å². The first kappa shape index (κ1) is 18.4. The number of hydrogen-bond acceptors (Lipinski definition) is 4. The van der Waals surface area contributed by atoms with E-state index in [1.165, 1.54) is 9.18 Å². The Morgan fingerprint density at radius 1 is 1.04 bits per heavy atom. The van der Waals surface area contributed by atoms with Gasteiger partial charge in [0.2, 0.25) is 10.0 Å². The molecule has 2 rings (SSSR count). The highest BCUT2D eigenvalue weighted by atomic mass is 35.5. The second-order valence-electron chi connectivity index (χ2n) is 5.04. The molecule has 0 saturated carbocycles. The Bertz CT molecular complexity index is 723. The van der Waals surface area contributed by atoms with Crippen molar-refractivity contribution in [2.24, 2.45) is 0 Å². The maximum atomic E-state index is 12.4. The molecule has 0 spiro atoms. The van der Waals surface area contributed by atoms with Crippen molar-refractivity contribution in [3.8, 4) is 0 Å². The normalized spacial score (nSPS) is 12.0. The van der Waals surface area contributed by atoms with Gasteiger partial charge in [0.25, 0.3) is 0 Å². The lowest BCUT2D eigenvalue weighted by atomic mass is 10.2. The molecule has 0 atom stereocenters. The number of nitrogens with one attached hydrogen (secondary N) is 1. The maximum absolute atomic E-state index is 12.4. The van der Waals surface area contributed by atoms with E-state index in [0.29, 0.717) is 24.5 Å². The van der Waals surface area contributed by atoms with E-state index in [-0.39, 0.29) is 0 Å². The second kappa shape index (κ2) is 8.26. The third-order valence-electron chi connectivity index (χ3n) is 3.52. The minimum Gasteiger partial charge on any atom is -0.308 e. The summed E-state index contributed by atoms with van der Waals surface area (Å²) < 4.78 is 27.1. The van der Waals surface area contributed by atoms with Gasteiger partial charge in [-0.1, -0.05) is 37.6 Å². The van der Waals surface area contributed by atoms with Gasteiger partial charge < -0.3 is 5.32 Å². The Hall–Kier alpha value is -0.920. The summed E-state index contributed by atoms with van der Waals surface area (Å²) in [7, 11) is -3.38. The zero-order chi connectivity index (χ0) is 16.9. The van der Waals surface area contributed by atoms with E-state index in [4.69, 9.17) is 11.6 Å². The van der Waals surface area contributed by atoms with Crippen LogP contribution in [-0.2, 0) is 23.1 Å². The molecule has 0 aliphatic heterocycles. The molecule has 1 aromatic heterocycles. The molecular weight excluding hydrogens is 352 g/mol. The van der Waals surface area contributed by atoms with Crippen molar-refractivity contribution in [2.75, 3.05) is 13.1 Å². The first-order valence-electron chi connectivity index (χ1n) is 7.51. The summed E-state index contributed by atoms with van der Waals surface area (Å²) in [5, 5.41) is 3.33. The summed E-state index contributed by atoms with van der Waals surface area (Å²) in [6.07, 6.45) is 0. The lowest BCUT2D eigenvalue weighted by Crippen LogP contribution is -2.30. The van der Waals surface area contributed by atoms with Crippen molar-refractivity contribution in [3.05, 3.63) is 51.2 Å². The van der Waals surface area contributed by atoms with E-state index < -0.39 is 10.0 Å². The molecule has 0 bridgehead atoms. The molecule has 2 aromatic rings. The molecule has 7 heteroatoms. The van der Waals surface area contributed by atoms with Crippen molar-refractivity contribution >= 4 is 33.0 Å². The minimum absolute atomic E-state index is 0.343. The Balaban J connectivity index is 1.96. The van der Waals surface area contributed by atoms with Gasteiger partial charge in [0.05, 0.1) is 9.23 Å². The molecule has 0 radical (unpaired) electrons. The highest BCUT2D eigenvalue weighted by Gasteiger charge is 2.20. The van der Waals surface area contributed by atoms with E-state index in [2.05, 4.69) is 5.32 Å². The summed E-state index contributed by atoms with van der Waals surface area (Å²) in [5.41, 5.74) is 1.05. The fourth-order valence-corrected chi connectivity index (χ4v) is 4.78. The highest BCUT2D eigenvalue weighted by Crippen LogP contribution is 2.21. The average molecular weight is 373 g/mol. The van der Waals surface area contributed by atoms with Gasteiger partial charge in [-0.3, -0.25) is 0 Å². The van der Waals surface area contributed by atoms with Gasteiger partial charge in [0, 0.05) is 31.1 Å². The Morgan fingerprint density at radius 2 is 1.70 bits per heavy atom. The van der Waals surface area contributed by atoms with Crippen LogP contribution in [0.1, 0.15) is 24.3 Å². The van der Waals surface area contributed by atoms with Crippen LogP contribution in [0.15, 0.2) is 41.3 Å². The van der Waals surface area contributed by atoms with Gasteiger partial charge >= 0.3 is 0 Å². The monoisotopic (exact) mass is 372 g/mol. The average Bonchev–Trinajstić information content (AvgIpc) is 2.94. The SMILES string of the molecule is CCN(CC)S(=O)(=O)c1ccc(CNCc2ccc(Cl)s2)cc1. The highest BCUT2D eigenvalue weighted by molar-refractivity contribution is 7.89. The predicted octanol–water partition coefficient (Wildman–Crippen LogP) is 3.72. The molecular formula is C16H21ClN2O2S2. The van der Waals surface area contributed by atoms with Crippen LogP contribution >= 0.6 is 22.9 Å². The molecule has 0 fully saturated rings. The molecule has 1 heterocycles. The van der Waals surface area contributed by atoms with Crippen LogP contribution < -0.4 is 5.32 Å². The standard InChI is InChI=1S/C16H21ClN2O2S2/c1-3-19(4-2)23(20,21)15-8-5-13(6-9-15)11-18-12-14-7-10-16(17)22-14/h5-10,18H,3-4,11-12H2,1-2H3. The van der Waals surface area contributed by atoms with E-state index in [9.17, 15) is 8.42 Å². The number of nitrogens with zero attached hydrogens (tertiary/aromatic N) is 1. The first-order chi connectivity index (χ1) is 11.0. The smallest absolute Gasteiger partial charge is 0.243 e. The van der Waals surface area contributed by atoms with Crippen molar-refractivity contribution in [3.63, 3.8) is 0 Å². The zero-order valence-electron chi connectivity index (χ0n) is 13.3. The van der Waals surface area contributed by atoms with Gasteiger partial charge in [0.15, 0.2) is 0 Å². The molecule has 23 heavy (non-hydrogen) atoms. The van der Waals surface area contributed by atoms with E-state index in [0.717, 1.165) is 16.4 Å². The van der Waals surface area contributed by atoms with E-state index in [1.807, 2.05) is 38.1 Å². The lowest BCUT2D eigenvalue weighted by Gasteiger charge is -2.18. The van der Waals surface area contributed by atoms with Crippen molar-refractivity contribution in [1.29, 1.82) is 0 Å². The molecule has 0 aliphatic carbocycles. The summed E-state index contributed by atoms with van der Waals surface area (Å²) in [6.45, 7) is 6.07. The van der Waals surface area contributed by atoms with Gasteiger partial charge in [-0.2, -0.15) is 4.31 Å². The molecule has 0 unspecified atom stereocenters. The number of halogens is 1. The fourth-order valence-electron chi connectivity index (χ4n) is 2.27. The van der Waals surface area contributed by atoms with Crippen LogP contribution in [0.4, 0.5) is 0 Å². The van der Waals surface area contributed by atoms with Crippen LogP contribution in [0.3, 0.4) is 0 Å². The third-order valence-corrected chi connectivity index (χ3v) is 6.82. The van der Waals surface area contributed by atoms with E-state index >= 15 is 0 Å². The number of thiophene rings is 1. The zero-order valence-corrected chi connectivity index (χ0v) is 15.6. The second-order valence-corrected chi connectivity index (χ2v) is 8.78. The van der Waals surface area contributed by atoms with Crippen LogP contribution in [0.25, 0.3) is 0 Å². The quantitative estimate of drug-likeness (QED) is 0.768. The molecule has 1 aromatic carbocycles. The summed E-state index contributed by atoms with van der Waals surface area (Å²) in [4.78, 5) is 1.52. The minimum atomic E-state index is -3.38. The Labute approximate surface area is 147 Å². The van der Waals surface area contributed by atoms with Crippen LogP contribution in [0, 0.1) is 0 Å². The van der Waals surface area contributed by atoms with Crippen LogP contribution in [-0.4, -0.2) is 25.8 Å². The third kappa shape index (κ3) is 4.78. The number of rotatable bonds is 8. The largest absolute Gasteiger partial charge is 0.308 e. The predicted molar refractivity (Wildman–Crippen MR) is 96.4 cm³/mol.